The van der Waals surface area contributed by atoms with Crippen molar-refractivity contribution in [2.24, 2.45) is 11.8 Å². The van der Waals surface area contributed by atoms with Crippen LogP contribution in [0, 0.1) is 11.8 Å². The minimum Gasteiger partial charge on any atom is -0.481 e. The summed E-state index contributed by atoms with van der Waals surface area (Å²) in [5, 5.41) is 11.7. The highest BCUT2D eigenvalue weighted by molar-refractivity contribution is 5.89. The summed E-state index contributed by atoms with van der Waals surface area (Å²) in [4.78, 5) is 22.6. The zero-order valence-electron chi connectivity index (χ0n) is 11.2. The molecule has 19 heavy (non-hydrogen) atoms. The Kier molecular flexibility index (Phi) is 3.88. The van der Waals surface area contributed by atoms with Gasteiger partial charge < -0.3 is 10.4 Å². The van der Waals surface area contributed by atoms with Crippen LogP contribution in [0.5, 0.6) is 0 Å². The molecule has 1 aromatic carbocycles. The summed E-state index contributed by atoms with van der Waals surface area (Å²) in [6.07, 6.45) is 1.45. The summed E-state index contributed by atoms with van der Waals surface area (Å²) in [5.74, 6) is -1.87. The van der Waals surface area contributed by atoms with Crippen molar-refractivity contribution in [3.63, 3.8) is 0 Å². The normalized spacial score (nSPS) is 22.6. The maximum absolute atomic E-state index is 11.9. The molecule has 0 saturated heterocycles. The second-order valence-electron chi connectivity index (χ2n) is 5.11. The molecule has 0 aromatic heterocycles. The molecule has 102 valence electrons. The molecule has 2 N–H and O–H groups in total. The zero-order valence-corrected chi connectivity index (χ0v) is 11.2. The van der Waals surface area contributed by atoms with E-state index < -0.39 is 11.9 Å². The maximum Gasteiger partial charge on any atom is 0.307 e. The first-order valence-corrected chi connectivity index (χ1v) is 6.65. The first-order valence-electron chi connectivity index (χ1n) is 6.65. The largest absolute Gasteiger partial charge is 0.481 e. The van der Waals surface area contributed by atoms with Crippen molar-refractivity contribution in [2.75, 3.05) is 0 Å². The number of carboxylic acids is 1. The van der Waals surface area contributed by atoms with Gasteiger partial charge in [-0.05, 0) is 30.9 Å². The molecule has 0 heterocycles. The van der Waals surface area contributed by atoms with Gasteiger partial charge in [-0.15, -0.1) is 0 Å². The Bertz CT molecular complexity index is 481. The minimum atomic E-state index is -0.875. The second kappa shape index (κ2) is 5.43. The van der Waals surface area contributed by atoms with Crippen molar-refractivity contribution >= 4 is 11.9 Å². The molecule has 1 saturated carbocycles. The monoisotopic (exact) mass is 261 g/mol. The Hall–Kier alpha value is -1.84. The maximum atomic E-state index is 11.9. The van der Waals surface area contributed by atoms with Gasteiger partial charge in [-0.1, -0.05) is 31.2 Å². The first kappa shape index (κ1) is 13.6. The van der Waals surface area contributed by atoms with E-state index in [1.54, 1.807) is 0 Å². The van der Waals surface area contributed by atoms with Gasteiger partial charge in [-0.25, -0.2) is 0 Å². The van der Waals surface area contributed by atoms with E-state index in [1.165, 1.54) is 5.56 Å². The lowest BCUT2D eigenvalue weighted by Gasteiger charge is -2.14. The Labute approximate surface area is 112 Å². The molecule has 1 amide bonds. The number of carbonyl (C=O) groups is 2. The molecule has 1 aromatic rings. The number of benzene rings is 1. The molecule has 0 spiro atoms. The number of aryl methyl sites for hydroxylation is 1. The molecule has 1 fully saturated rings. The predicted octanol–water partition coefficient (Wildman–Crippen LogP) is 2.15. The van der Waals surface area contributed by atoms with Gasteiger partial charge in [0, 0.05) is 0 Å². The lowest BCUT2D eigenvalue weighted by Crippen LogP contribution is -2.29. The molecular formula is C15H19NO3. The summed E-state index contributed by atoms with van der Waals surface area (Å²) in [6.45, 7) is 4.01. The van der Waals surface area contributed by atoms with E-state index in [4.69, 9.17) is 5.11 Å². The Morgan fingerprint density at radius 2 is 1.95 bits per heavy atom. The number of hydrogen-bond donors (Lipinski definition) is 2. The van der Waals surface area contributed by atoms with Gasteiger partial charge >= 0.3 is 5.97 Å². The van der Waals surface area contributed by atoms with Gasteiger partial charge in [0.25, 0.3) is 0 Å². The van der Waals surface area contributed by atoms with Gasteiger partial charge in [-0.2, -0.15) is 0 Å². The summed E-state index contributed by atoms with van der Waals surface area (Å²) >= 11 is 0. The van der Waals surface area contributed by atoms with Crippen LogP contribution in [0.4, 0.5) is 0 Å². The Morgan fingerprint density at radius 1 is 1.32 bits per heavy atom. The van der Waals surface area contributed by atoms with Crippen molar-refractivity contribution in [1.82, 2.24) is 5.32 Å². The third-order valence-electron chi connectivity index (χ3n) is 3.69. The molecule has 4 heteroatoms. The van der Waals surface area contributed by atoms with Crippen LogP contribution in [0.15, 0.2) is 24.3 Å². The SMILES string of the molecule is CCc1ccc(C(C)NC(=O)C2CC2C(=O)O)cc1. The zero-order chi connectivity index (χ0) is 14.0. The van der Waals surface area contributed by atoms with Crippen molar-refractivity contribution in [1.29, 1.82) is 0 Å². The van der Waals surface area contributed by atoms with Crippen LogP contribution in [0.2, 0.25) is 0 Å². The number of aliphatic carboxylic acids is 1. The number of amides is 1. The Morgan fingerprint density at radius 3 is 2.42 bits per heavy atom. The van der Waals surface area contributed by atoms with Crippen LogP contribution in [-0.2, 0) is 16.0 Å². The van der Waals surface area contributed by atoms with Crippen LogP contribution in [0.3, 0.4) is 0 Å². The lowest BCUT2D eigenvalue weighted by atomic mass is 10.0. The molecular weight excluding hydrogens is 242 g/mol. The summed E-state index contributed by atoms with van der Waals surface area (Å²) in [7, 11) is 0. The van der Waals surface area contributed by atoms with E-state index in [2.05, 4.69) is 24.4 Å². The van der Waals surface area contributed by atoms with Gasteiger partial charge in [-0.3, -0.25) is 9.59 Å². The highest BCUT2D eigenvalue weighted by Crippen LogP contribution is 2.39. The van der Waals surface area contributed by atoms with E-state index in [1.807, 2.05) is 19.1 Å². The van der Waals surface area contributed by atoms with Gasteiger partial charge in [0.15, 0.2) is 0 Å². The number of carboxylic acid groups (broad SMARTS) is 1. The molecule has 0 aliphatic heterocycles. The predicted molar refractivity (Wildman–Crippen MR) is 71.6 cm³/mol. The van der Waals surface area contributed by atoms with E-state index in [-0.39, 0.29) is 17.9 Å². The summed E-state index contributed by atoms with van der Waals surface area (Å²) in [5.41, 5.74) is 2.30. The van der Waals surface area contributed by atoms with E-state index in [0.29, 0.717) is 6.42 Å². The lowest BCUT2D eigenvalue weighted by molar-refractivity contribution is -0.140. The number of hydrogen-bond acceptors (Lipinski definition) is 2. The molecule has 3 atom stereocenters. The van der Waals surface area contributed by atoms with Gasteiger partial charge in [0.2, 0.25) is 5.91 Å². The third kappa shape index (κ3) is 3.13. The Balaban J connectivity index is 1.91. The van der Waals surface area contributed by atoms with E-state index >= 15 is 0 Å². The fraction of sp³-hybridized carbons (Fsp3) is 0.467. The number of rotatable bonds is 5. The van der Waals surface area contributed by atoms with Gasteiger partial charge in [0.1, 0.15) is 0 Å². The van der Waals surface area contributed by atoms with Crippen LogP contribution in [0.25, 0.3) is 0 Å². The molecule has 1 aliphatic rings. The average molecular weight is 261 g/mol. The van der Waals surface area contributed by atoms with E-state index in [0.717, 1.165) is 12.0 Å². The molecule has 2 rings (SSSR count). The average Bonchev–Trinajstić information content (AvgIpc) is 3.19. The van der Waals surface area contributed by atoms with Crippen molar-refractivity contribution in [3.8, 4) is 0 Å². The standard InChI is InChI=1S/C15H19NO3/c1-3-10-4-6-11(7-5-10)9(2)16-14(17)12-8-13(12)15(18)19/h4-7,9,12-13H,3,8H2,1-2H3,(H,16,17)(H,18,19). The molecule has 3 unspecified atom stereocenters. The minimum absolute atomic E-state index is 0.0894. The summed E-state index contributed by atoms with van der Waals surface area (Å²) in [6, 6.07) is 8.02. The molecule has 1 aliphatic carbocycles. The summed E-state index contributed by atoms with van der Waals surface area (Å²) < 4.78 is 0. The third-order valence-corrected chi connectivity index (χ3v) is 3.69. The smallest absolute Gasteiger partial charge is 0.307 e. The van der Waals surface area contributed by atoms with Crippen LogP contribution < -0.4 is 5.32 Å². The second-order valence-corrected chi connectivity index (χ2v) is 5.11. The fourth-order valence-corrected chi connectivity index (χ4v) is 2.20. The van der Waals surface area contributed by atoms with Crippen molar-refractivity contribution in [2.45, 2.75) is 32.7 Å². The van der Waals surface area contributed by atoms with Crippen LogP contribution >= 0.6 is 0 Å². The number of nitrogens with one attached hydrogen (secondary N) is 1. The number of carbonyl (C=O) groups excluding carboxylic acids is 1. The van der Waals surface area contributed by atoms with Crippen LogP contribution in [0.1, 0.15) is 37.4 Å². The molecule has 0 bridgehead atoms. The van der Waals surface area contributed by atoms with Crippen molar-refractivity contribution < 1.29 is 14.7 Å². The van der Waals surface area contributed by atoms with Crippen LogP contribution in [-0.4, -0.2) is 17.0 Å². The van der Waals surface area contributed by atoms with E-state index in [9.17, 15) is 9.59 Å². The highest BCUT2D eigenvalue weighted by atomic mass is 16.4. The van der Waals surface area contributed by atoms with Gasteiger partial charge in [0.05, 0.1) is 17.9 Å². The fourth-order valence-electron chi connectivity index (χ4n) is 2.20. The first-order chi connectivity index (χ1) is 9.02. The molecule has 0 radical (unpaired) electrons. The highest BCUT2D eigenvalue weighted by Gasteiger charge is 2.48. The quantitative estimate of drug-likeness (QED) is 0.853. The molecule has 4 nitrogen and oxygen atoms in total. The topological polar surface area (TPSA) is 66.4 Å². The van der Waals surface area contributed by atoms with Crippen molar-refractivity contribution in [3.05, 3.63) is 35.4 Å².